The van der Waals surface area contributed by atoms with Crippen molar-refractivity contribution in [2.75, 3.05) is 73.3 Å². The van der Waals surface area contributed by atoms with Gasteiger partial charge in [0, 0.05) is 26.2 Å². The van der Waals surface area contributed by atoms with Crippen LogP contribution in [0.15, 0.2) is 36.4 Å². The summed E-state index contributed by atoms with van der Waals surface area (Å²) in [5, 5.41) is 1.07. The van der Waals surface area contributed by atoms with Crippen LogP contribution in [0.25, 0.3) is 0 Å². The van der Waals surface area contributed by atoms with Crippen molar-refractivity contribution >= 4 is 26.5 Å². The number of carbonyl (C=O) groups is 2. The zero-order chi connectivity index (χ0) is 30.4. The molecular formula is C32H45N2O8P. The van der Waals surface area contributed by atoms with E-state index < -0.39 is 5.97 Å². The third-order valence-electron chi connectivity index (χ3n) is 7.66. The Bertz CT molecular complexity index is 1180. The highest BCUT2D eigenvalue weighted by molar-refractivity contribution is 7.27. The smallest absolute Gasteiger partial charge is 0.338 e. The Balaban J connectivity index is 1.41. The van der Waals surface area contributed by atoms with Crippen molar-refractivity contribution in [2.24, 2.45) is 0 Å². The second-order valence-corrected chi connectivity index (χ2v) is 11.5. The van der Waals surface area contributed by atoms with Gasteiger partial charge >= 0.3 is 11.9 Å². The summed E-state index contributed by atoms with van der Waals surface area (Å²) >= 11 is 0. The van der Waals surface area contributed by atoms with Gasteiger partial charge < -0.3 is 38.2 Å². The number of methoxy groups -OCH3 is 2. The Kier molecular flexibility index (Phi) is 13.2. The molecule has 2 aromatic rings. The molecule has 2 aliphatic heterocycles. The minimum Gasteiger partial charge on any atom is -0.493 e. The van der Waals surface area contributed by atoms with Crippen molar-refractivity contribution in [3.05, 3.63) is 42.0 Å². The van der Waals surface area contributed by atoms with Crippen LogP contribution >= 0.6 is 9.24 Å². The van der Waals surface area contributed by atoms with Gasteiger partial charge in [-0.25, -0.2) is 4.79 Å². The monoisotopic (exact) mass is 616 g/mol. The number of benzene rings is 2. The number of nitrogens with zero attached hydrogens (tertiary/aromatic N) is 2. The van der Waals surface area contributed by atoms with Gasteiger partial charge in [-0.05, 0) is 74.8 Å². The van der Waals surface area contributed by atoms with Gasteiger partial charge in [-0.2, -0.15) is 0 Å². The first-order valence-corrected chi connectivity index (χ1v) is 15.7. The fraction of sp³-hybridized carbons (Fsp3) is 0.562. The predicted octanol–water partition coefficient (Wildman–Crippen LogP) is 3.70. The van der Waals surface area contributed by atoms with E-state index in [-0.39, 0.29) is 25.1 Å². The van der Waals surface area contributed by atoms with Gasteiger partial charge in [0.2, 0.25) is 5.75 Å². The van der Waals surface area contributed by atoms with Crippen molar-refractivity contribution in [3.63, 3.8) is 0 Å². The lowest BCUT2D eigenvalue weighted by atomic mass is 10.1. The largest absolute Gasteiger partial charge is 0.493 e. The average Bonchev–Trinajstić information content (AvgIpc) is 3.25. The highest BCUT2D eigenvalue weighted by Crippen LogP contribution is 2.39. The lowest BCUT2D eigenvalue weighted by Crippen LogP contribution is -2.34. The zero-order valence-electron chi connectivity index (χ0n) is 25.4. The quantitative estimate of drug-likeness (QED) is 0.339. The fourth-order valence-corrected chi connectivity index (χ4v) is 5.50. The molecule has 236 valence electrons. The number of hydrogen-bond donors (Lipinski definition) is 0. The molecule has 1 fully saturated rings. The molecule has 0 aliphatic carbocycles. The Morgan fingerprint density at radius 1 is 0.884 bits per heavy atom. The minimum atomic E-state index is -0.428. The molecule has 2 aliphatic rings. The number of cyclic esters (lactones) is 1. The molecule has 0 radical (unpaired) electrons. The lowest BCUT2D eigenvalue weighted by molar-refractivity contribution is -0.150. The Hall–Kier alpha value is -3.07. The Morgan fingerprint density at radius 2 is 1.60 bits per heavy atom. The third kappa shape index (κ3) is 10.6. The summed E-state index contributed by atoms with van der Waals surface area (Å²) in [5.74, 6) is 1.23. The van der Waals surface area contributed by atoms with Crippen LogP contribution < -0.4 is 24.3 Å². The maximum atomic E-state index is 12.9. The zero-order valence-corrected chi connectivity index (χ0v) is 26.5. The van der Waals surface area contributed by atoms with E-state index in [9.17, 15) is 9.59 Å². The van der Waals surface area contributed by atoms with Crippen LogP contribution in [0.2, 0.25) is 0 Å². The van der Waals surface area contributed by atoms with Gasteiger partial charge in [-0.15, -0.1) is 9.24 Å². The lowest BCUT2D eigenvalue weighted by Gasteiger charge is -2.24. The summed E-state index contributed by atoms with van der Waals surface area (Å²) in [5.41, 5.74) is 0.342. The summed E-state index contributed by atoms with van der Waals surface area (Å²) in [6.45, 7) is 6.60. The normalized spacial score (nSPS) is 22.0. The van der Waals surface area contributed by atoms with E-state index in [1.165, 1.54) is 14.2 Å². The van der Waals surface area contributed by atoms with Gasteiger partial charge in [0.1, 0.15) is 11.9 Å². The first kappa shape index (κ1) is 32.8. The second kappa shape index (κ2) is 17.3. The summed E-state index contributed by atoms with van der Waals surface area (Å²) in [4.78, 5) is 30.5. The van der Waals surface area contributed by atoms with Crippen molar-refractivity contribution in [1.82, 2.24) is 9.80 Å². The number of ether oxygens (including phenoxy) is 6. The highest BCUT2D eigenvalue weighted by atomic mass is 31.0. The molecule has 4 atom stereocenters. The SMILES string of the molecule is COc1cc2cc(c1OC)OCCCC(OC(=O)CCOc1ccc(P)cc1)CCN1CCCN(CCCOC2=O)CC1. The fourth-order valence-electron chi connectivity index (χ4n) is 5.31. The van der Waals surface area contributed by atoms with Gasteiger partial charge in [0.15, 0.2) is 11.5 Å². The number of hydrogen-bond acceptors (Lipinski definition) is 10. The van der Waals surface area contributed by atoms with E-state index >= 15 is 0 Å². The molecule has 2 heterocycles. The third-order valence-corrected chi connectivity index (χ3v) is 8.05. The van der Waals surface area contributed by atoms with Gasteiger partial charge in [-0.1, -0.05) is 12.1 Å². The van der Waals surface area contributed by atoms with Crippen molar-refractivity contribution in [3.8, 4) is 23.0 Å². The molecule has 0 saturated carbocycles. The molecule has 10 nitrogen and oxygen atoms in total. The second-order valence-electron chi connectivity index (χ2n) is 10.8. The van der Waals surface area contributed by atoms with Crippen molar-refractivity contribution < 1.29 is 38.0 Å². The van der Waals surface area contributed by atoms with E-state index in [1.807, 2.05) is 24.3 Å². The first-order chi connectivity index (χ1) is 20.9. The number of carbonyl (C=O) groups excluding carboxylic acids is 2. The van der Waals surface area contributed by atoms with Crippen LogP contribution in [0.4, 0.5) is 0 Å². The summed E-state index contributed by atoms with van der Waals surface area (Å²) in [6, 6.07) is 10.9. The minimum absolute atomic E-state index is 0.175. The maximum absolute atomic E-state index is 12.9. The molecule has 4 bridgehead atoms. The molecule has 0 aromatic heterocycles. The van der Waals surface area contributed by atoms with E-state index in [0.717, 1.165) is 69.6 Å². The van der Waals surface area contributed by atoms with Crippen LogP contribution in [0.1, 0.15) is 48.9 Å². The van der Waals surface area contributed by atoms with E-state index in [2.05, 4.69) is 19.0 Å². The molecule has 1 saturated heterocycles. The van der Waals surface area contributed by atoms with Gasteiger partial charge in [0.25, 0.3) is 0 Å². The van der Waals surface area contributed by atoms with Crippen LogP contribution in [0.5, 0.6) is 23.0 Å². The van der Waals surface area contributed by atoms with Crippen molar-refractivity contribution in [1.29, 1.82) is 0 Å². The summed E-state index contributed by atoms with van der Waals surface area (Å²) in [6.07, 6.45) is 3.79. The summed E-state index contributed by atoms with van der Waals surface area (Å²) < 4.78 is 34.3. The number of esters is 2. The van der Waals surface area contributed by atoms with E-state index in [0.29, 0.717) is 48.9 Å². The molecule has 4 unspecified atom stereocenters. The topological polar surface area (TPSA) is 96.0 Å². The molecule has 11 heteroatoms. The standard InChI is InChI=1S/C32H45N2O8P/c1-37-28-22-24-23-29(31(28)38-2)40-19-3-6-26(42-30(35)12-21-39-25-7-9-27(43)10-8-25)11-16-34-14-4-13-33(17-18-34)15-5-20-41-32(24)36/h7-10,22-23,26H,3-6,11-21,43H2,1-2H3. The molecular weight excluding hydrogens is 571 g/mol. The number of fused-ring (bicyclic) bond motifs is 5. The highest BCUT2D eigenvalue weighted by Gasteiger charge is 2.22. The molecule has 43 heavy (non-hydrogen) atoms. The molecule has 0 spiro atoms. The van der Waals surface area contributed by atoms with Crippen LogP contribution in [-0.4, -0.2) is 101 Å². The first-order valence-electron chi connectivity index (χ1n) is 15.1. The van der Waals surface area contributed by atoms with E-state index in [4.69, 9.17) is 28.4 Å². The predicted molar refractivity (Wildman–Crippen MR) is 167 cm³/mol. The maximum Gasteiger partial charge on any atom is 0.338 e. The summed E-state index contributed by atoms with van der Waals surface area (Å²) in [7, 11) is 5.69. The molecule has 4 rings (SSSR count). The average molecular weight is 617 g/mol. The van der Waals surface area contributed by atoms with E-state index in [1.54, 1.807) is 12.1 Å². The molecule has 2 aromatic carbocycles. The van der Waals surface area contributed by atoms with Gasteiger partial charge in [0.05, 0.1) is 46.0 Å². The molecule has 0 N–H and O–H groups in total. The Labute approximate surface area is 257 Å². The van der Waals surface area contributed by atoms with Crippen LogP contribution in [0, 0.1) is 0 Å². The van der Waals surface area contributed by atoms with Gasteiger partial charge in [-0.3, -0.25) is 4.79 Å². The molecule has 0 amide bonds. The van der Waals surface area contributed by atoms with Crippen LogP contribution in [0.3, 0.4) is 0 Å². The van der Waals surface area contributed by atoms with Crippen molar-refractivity contribution in [2.45, 2.75) is 44.6 Å². The number of rotatable bonds is 7. The van der Waals surface area contributed by atoms with Crippen LogP contribution in [-0.2, 0) is 14.3 Å². The Morgan fingerprint density at radius 3 is 2.35 bits per heavy atom.